The first-order valence-corrected chi connectivity index (χ1v) is 19.2. The highest BCUT2D eigenvalue weighted by Gasteiger charge is 2.39. The second-order valence-corrected chi connectivity index (χ2v) is 14.3. The number of benzene rings is 2. The number of carbonyl (C=O) groups is 6. The van der Waals surface area contributed by atoms with E-state index < -0.39 is 30.2 Å². The van der Waals surface area contributed by atoms with Gasteiger partial charge in [-0.25, -0.2) is 0 Å². The van der Waals surface area contributed by atoms with Crippen molar-refractivity contribution in [2.24, 2.45) is 5.92 Å². The molecule has 2 saturated heterocycles. The molecule has 2 aromatic rings. The van der Waals surface area contributed by atoms with Gasteiger partial charge < -0.3 is 31.1 Å². The molecule has 0 aliphatic carbocycles. The van der Waals surface area contributed by atoms with E-state index in [2.05, 4.69) is 44.9 Å². The molecule has 2 heterocycles. The van der Waals surface area contributed by atoms with E-state index >= 15 is 0 Å². The molecule has 0 saturated carbocycles. The predicted molar refractivity (Wildman–Crippen MR) is 210 cm³/mol. The van der Waals surface area contributed by atoms with Crippen molar-refractivity contribution < 1.29 is 28.8 Å². The normalized spacial score (nSPS) is 17.8. The van der Waals surface area contributed by atoms with Gasteiger partial charge >= 0.3 is 0 Å². The molecule has 0 bridgehead atoms. The third-order valence-electron chi connectivity index (χ3n) is 9.99. The van der Waals surface area contributed by atoms with Crippen LogP contribution < -0.4 is 21.3 Å². The lowest BCUT2D eigenvalue weighted by atomic mass is 10.0. The van der Waals surface area contributed by atoms with Gasteiger partial charge in [-0.15, -0.1) is 0 Å². The average Bonchev–Trinajstić information content (AvgIpc) is 3.90. The number of hydrogen-bond acceptors (Lipinski definition) is 7. The summed E-state index contributed by atoms with van der Waals surface area (Å²) in [6, 6.07) is 15.5. The van der Waals surface area contributed by atoms with Crippen LogP contribution >= 0.6 is 0 Å². The number of carbonyl (C=O) groups excluding carboxylic acids is 6. The number of likely N-dealkylation sites (tertiary alicyclic amines) is 2. The van der Waals surface area contributed by atoms with Crippen LogP contribution in [-0.4, -0.2) is 95.5 Å². The number of nitrogens with zero attached hydrogens (tertiary/aromatic N) is 2. The first-order chi connectivity index (χ1) is 26.5. The van der Waals surface area contributed by atoms with Crippen molar-refractivity contribution in [2.45, 2.75) is 109 Å². The number of hydrogen-bond donors (Lipinski definition) is 4. The molecule has 2 aliphatic rings. The van der Waals surface area contributed by atoms with Crippen LogP contribution in [0, 0.1) is 29.6 Å². The Balaban J connectivity index is 1.42. The summed E-state index contributed by atoms with van der Waals surface area (Å²) in [6.45, 7) is 6.26. The van der Waals surface area contributed by atoms with Crippen LogP contribution in [0.1, 0.15) is 76.8 Å². The summed E-state index contributed by atoms with van der Waals surface area (Å²) in [6.07, 6.45) is 3.22. The molecule has 2 fully saturated rings. The molecule has 2 aliphatic heterocycles. The van der Waals surface area contributed by atoms with E-state index in [1.807, 2.05) is 60.7 Å². The molecular weight excluding hydrogens is 697 g/mol. The summed E-state index contributed by atoms with van der Waals surface area (Å²) < 4.78 is 0. The van der Waals surface area contributed by atoms with Crippen molar-refractivity contribution in [2.75, 3.05) is 20.1 Å². The smallest absolute Gasteiger partial charge is 0.246 e. The van der Waals surface area contributed by atoms with Crippen molar-refractivity contribution in [3.05, 3.63) is 71.8 Å². The van der Waals surface area contributed by atoms with Gasteiger partial charge in [0.1, 0.15) is 18.1 Å². The number of nitrogens with one attached hydrogen (secondary N) is 4. The highest BCUT2D eigenvalue weighted by Crippen LogP contribution is 2.22. The molecule has 4 N–H and O–H groups in total. The zero-order valence-electron chi connectivity index (χ0n) is 32.4. The SMILES string of the molecule is CN[C@@H](C)C(=O)N[C@@H](CC#CC#CC[C@H](NC(=O)C(C)C)C(=O)N1CCC[C@H]1C(=O)NCc1ccccc1)C(=O)N1CCC[C@H]1C(=O)CCc1ccccc1. The zero-order valence-corrected chi connectivity index (χ0v) is 32.4. The van der Waals surface area contributed by atoms with Crippen LogP contribution in [0.2, 0.25) is 0 Å². The summed E-state index contributed by atoms with van der Waals surface area (Å²) in [5.41, 5.74) is 2.00. The number of rotatable bonds is 16. The third kappa shape index (κ3) is 12.5. The Labute approximate surface area is 324 Å². The minimum atomic E-state index is -1.00. The molecule has 5 atom stereocenters. The van der Waals surface area contributed by atoms with Crippen LogP contribution in [0.3, 0.4) is 0 Å². The van der Waals surface area contributed by atoms with E-state index in [0.29, 0.717) is 58.2 Å². The minimum absolute atomic E-state index is 0.0120. The number of ketones is 1. The predicted octanol–water partition coefficient (Wildman–Crippen LogP) is 2.51. The third-order valence-corrected chi connectivity index (χ3v) is 9.99. The minimum Gasteiger partial charge on any atom is -0.350 e. The molecule has 0 aromatic heterocycles. The number of aryl methyl sites for hydroxylation is 1. The number of likely N-dealkylation sites (N-methyl/N-ethyl adjacent to an activating group) is 1. The molecule has 55 heavy (non-hydrogen) atoms. The van der Waals surface area contributed by atoms with Crippen LogP contribution in [0.5, 0.6) is 0 Å². The molecule has 12 heteroatoms. The molecule has 0 unspecified atom stereocenters. The summed E-state index contributed by atoms with van der Waals surface area (Å²) in [5, 5.41) is 11.4. The lowest BCUT2D eigenvalue weighted by molar-refractivity contribution is -0.141. The summed E-state index contributed by atoms with van der Waals surface area (Å²) in [5.74, 6) is 9.12. The van der Waals surface area contributed by atoms with E-state index in [1.54, 1.807) is 32.7 Å². The van der Waals surface area contributed by atoms with E-state index in [4.69, 9.17) is 0 Å². The van der Waals surface area contributed by atoms with Gasteiger partial charge in [-0.3, -0.25) is 28.8 Å². The van der Waals surface area contributed by atoms with Gasteiger partial charge in [0, 0.05) is 44.8 Å². The maximum atomic E-state index is 13.9. The largest absolute Gasteiger partial charge is 0.350 e. The highest BCUT2D eigenvalue weighted by molar-refractivity contribution is 5.95. The van der Waals surface area contributed by atoms with E-state index in [0.717, 1.165) is 11.1 Å². The van der Waals surface area contributed by atoms with Gasteiger partial charge in [0.05, 0.1) is 12.1 Å². The van der Waals surface area contributed by atoms with E-state index in [9.17, 15) is 28.8 Å². The van der Waals surface area contributed by atoms with Crippen molar-refractivity contribution in [1.82, 2.24) is 31.1 Å². The lowest BCUT2D eigenvalue weighted by Crippen LogP contribution is -2.54. The fraction of sp³-hybridized carbons (Fsp3) is 0.488. The number of amides is 5. The highest BCUT2D eigenvalue weighted by atomic mass is 16.2. The first kappa shape index (κ1) is 42.3. The van der Waals surface area contributed by atoms with Gasteiger partial charge in [-0.1, -0.05) is 86.4 Å². The fourth-order valence-electron chi connectivity index (χ4n) is 6.61. The Morgan fingerprint density at radius 1 is 0.709 bits per heavy atom. The molecule has 5 amide bonds. The second kappa shape index (κ2) is 21.4. The molecule has 4 rings (SSSR count). The first-order valence-electron chi connectivity index (χ1n) is 19.2. The molecular formula is C43H54N6O6. The van der Waals surface area contributed by atoms with Crippen molar-refractivity contribution in [1.29, 1.82) is 0 Å². The van der Waals surface area contributed by atoms with Crippen molar-refractivity contribution in [3.8, 4) is 23.7 Å². The van der Waals surface area contributed by atoms with Crippen LogP contribution in [-0.2, 0) is 41.7 Å². The summed E-state index contributed by atoms with van der Waals surface area (Å²) in [4.78, 5) is 82.8. The maximum Gasteiger partial charge on any atom is 0.246 e. The van der Waals surface area contributed by atoms with Gasteiger partial charge in [0.25, 0.3) is 0 Å². The average molecular weight is 751 g/mol. The number of Topliss-reactive ketones (excluding diaryl/α,β-unsaturated/α-hetero) is 1. The summed E-state index contributed by atoms with van der Waals surface area (Å²) >= 11 is 0. The fourth-order valence-corrected chi connectivity index (χ4v) is 6.61. The van der Waals surface area contributed by atoms with Gasteiger partial charge in [0.15, 0.2) is 5.78 Å². The lowest BCUT2D eigenvalue weighted by Gasteiger charge is -2.28. The molecule has 0 spiro atoms. The standard InChI is InChI=1S/C43H54N6O6/c1-30(2)39(51)46-34(43(55)49-28-16-24-37(49)41(53)45-29-33-19-11-8-12-20-33)21-13-5-6-14-22-35(47-40(52)31(3)44-4)42(54)48-27-15-23-36(48)38(50)26-25-32-17-9-7-10-18-32/h7-12,17-20,30-31,34-37,44H,15-16,21-29H2,1-4H3,(H,45,53)(H,46,51)(H,47,52)/t31-,34-,35-,36-,37-/m0/s1. The molecule has 2 aromatic carbocycles. The van der Waals surface area contributed by atoms with E-state index in [1.165, 1.54) is 4.90 Å². The Morgan fingerprint density at radius 3 is 1.76 bits per heavy atom. The molecule has 292 valence electrons. The van der Waals surface area contributed by atoms with Gasteiger partial charge in [-0.05, 0) is 69.0 Å². The Morgan fingerprint density at radius 2 is 1.22 bits per heavy atom. The Kier molecular flexibility index (Phi) is 16.5. The van der Waals surface area contributed by atoms with Crippen molar-refractivity contribution >= 4 is 35.3 Å². The molecule has 12 nitrogen and oxygen atoms in total. The molecule has 0 radical (unpaired) electrons. The maximum absolute atomic E-state index is 13.9. The van der Waals surface area contributed by atoms with E-state index in [-0.39, 0.29) is 54.1 Å². The monoisotopic (exact) mass is 750 g/mol. The van der Waals surface area contributed by atoms with Crippen LogP contribution in [0.15, 0.2) is 60.7 Å². The van der Waals surface area contributed by atoms with Crippen LogP contribution in [0.4, 0.5) is 0 Å². The quantitative estimate of drug-likeness (QED) is 0.192. The summed E-state index contributed by atoms with van der Waals surface area (Å²) in [7, 11) is 1.64. The Bertz CT molecular complexity index is 1780. The zero-order chi connectivity index (χ0) is 39.7. The van der Waals surface area contributed by atoms with Gasteiger partial charge in [0.2, 0.25) is 29.5 Å². The Hall–Kier alpha value is -5.46. The van der Waals surface area contributed by atoms with Crippen LogP contribution in [0.25, 0.3) is 0 Å². The topological polar surface area (TPSA) is 157 Å². The van der Waals surface area contributed by atoms with Crippen molar-refractivity contribution in [3.63, 3.8) is 0 Å². The second-order valence-electron chi connectivity index (χ2n) is 14.3. The van der Waals surface area contributed by atoms with Gasteiger partial charge in [-0.2, -0.15) is 0 Å².